The fourth-order valence-corrected chi connectivity index (χ4v) is 2.42. The summed E-state index contributed by atoms with van der Waals surface area (Å²) in [6.45, 7) is 6.06. The highest BCUT2D eigenvalue weighted by Gasteiger charge is 2.08. The zero-order valence-corrected chi connectivity index (χ0v) is 16.2. The summed E-state index contributed by atoms with van der Waals surface area (Å²) in [6.07, 6.45) is 11.9. The van der Waals surface area contributed by atoms with Gasteiger partial charge in [0, 0.05) is 11.6 Å². The monoisotopic (exact) mass is 374 g/mol. The summed E-state index contributed by atoms with van der Waals surface area (Å²) in [5, 5.41) is 0. The van der Waals surface area contributed by atoms with Gasteiger partial charge in [0.25, 0.3) is 0 Å². The average Bonchev–Trinajstić information content (AvgIpc) is 2.66. The van der Waals surface area contributed by atoms with Crippen molar-refractivity contribution in [2.24, 2.45) is 0 Å². The molecule has 0 saturated carbocycles. The minimum Gasteiger partial charge on any atom is -0.463 e. The molecule has 0 amide bonds. The van der Waals surface area contributed by atoms with Gasteiger partial charge in [0.15, 0.2) is 0 Å². The topological polar surface area (TPSA) is 61.8 Å². The van der Waals surface area contributed by atoms with Crippen molar-refractivity contribution in [1.29, 1.82) is 0 Å². The van der Waals surface area contributed by atoms with Crippen LogP contribution in [0.2, 0.25) is 0 Å². The minimum atomic E-state index is -0.773. The first-order valence-corrected chi connectivity index (χ1v) is 9.56. The van der Waals surface area contributed by atoms with Crippen LogP contribution in [-0.4, -0.2) is 25.3 Å². The van der Waals surface area contributed by atoms with Gasteiger partial charge in [-0.2, -0.15) is 0 Å². The molecule has 5 nitrogen and oxygen atoms in total. The lowest BCUT2D eigenvalue weighted by atomic mass is 10.1. The Labute approximate surface area is 162 Å². The maximum absolute atomic E-state index is 11.8. The number of esters is 1. The highest BCUT2D eigenvalue weighted by atomic mass is 16.7. The molecule has 148 valence electrons. The van der Waals surface area contributed by atoms with E-state index in [1.807, 2.05) is 6.08 Å². The number of ether oxygens (including phenoxy) is 3. The van der Waals surface area contributed by atoms with Gasteiger partial charge in [-0.15, -0.1) is 6.58 Å². The van der Waals surface area contributed by atoms with Gasteiger partial charge in [0.05, 0.1) is 13.2 Å². The van der Waals surface area contributed by atoms with Crippen LogP contribution in [-0.2, 0) is 14.3 Å². The molecule has 0 saturated heterocycles. The zero-order chi connectivity index (χ0) is 19.7. The van der Waals surface area contributed by atoms with Gasteiger partial charge in [-0.05, 0) is 38.3 Å². The van der Waals surface area contributed by atoms with Gasteiger partial charge in [0.2, 0.25) is 0 Å². The van der Waals surface area contributed by atoms with Gasteiger partial charge < -0.3 is 14.2 Å². The van der Waals surface area contributed by atoms with Gasteiger partial charge in [-0.25, -0.2) is 9.59 Å². The fourth-order valence-electron chi connectivity index (χ4n) is 2.42. The molecule has 0 fully saturated rings. The lowest BCUT2D eigenvalue weighted by molar-refractivity contribution is -0.137. The lowest BCUT2D eigenvalue weighted by Crippen LogP contribution is -2.10. The third-order valence-electron chi connectivity index (χ3n) is 3.82. The maximum atomic E-state index is 11.8. The first-order valence-electron chi connectivity index (χ1n) is 9.56. The van der Waals surface area contributed by atoms with Gasteiger partial charge in [-0.3, -0.25) is 0 Å². The Morgan fingerprint density at radius 3 is 2.44 bits per heavy atom. The van der Waals surface area contributed by atoms with E-state index in [0.29, 0.717) is 17.9 Å². The largest absolute Gasteiger partial charge is 0.513 e. The van der Waals surface area contributed by atoms with Crippen molar-refractivity contribution in [3.8, 4) is 5.75 Å². The summed E-state index contributed by atoms with van der Waals surface area (Å²) < 4.78 is 15.1. The van der Waals surface area contributed by atoms with Crippen LogP contribution in [0.15, 0.2) is 43.0 Å². The van der Waals surface area contributed by atoms with Crippen LogP contribution >= 0.6 is 0 Å². The summed E-state index contributed by atoms with van der Waals surface area (Å²) in [7, 11) is 0. The number of hydrogen-bond acceptors (Lipinski definition) is 5. The number of carbonyl (C=O) groups excluding carboxylic acids is 2. The average molecular weight is 374 g/mol. The molecule has 0 aliphatic rings. The summed E-state index contributed by atoms with van der Waals surface area (Å²) in [5.74, 6) is -0.0802. The molecule has 0 aromatic heterocycles. The summed E-state index contributed by atoms with van der Waals surface area (Å²) in [4.78, 5) is 23.2. The van der Waals surface area contributed by atoms with Crippen LogP contribution in [0.3, 0.4) is 0 Å². The molecule has 0 heterocycles. The first-order chi connectivity index (χ1) is 13.2. The number of para-hydroxylation sites is 1. The van der Waals surface area contributed by atoms with Crippen LogP contribution in [0.5, 0.6) is 5.75 Å². The van der Waals surface area contributed by atoms with Crippen LogP contribution in [0.25, 0.3) is 6.08 Å². The second kappa shape index (κ2) is 14.6. The van der Waals surface area contributed by atoms with Crippen molar-refractivity contribution in [3.05, 3.63) is 48.6 Å². The molecule has 0 radical (unpaired) electrons. The smallest absolute Gasteiger partial charge is 0.463 e. The van der Waals surface area contributed by atoms with Gasteiger partial charge in [-0.1, -0.05) is 50.0 Å². The molecule has 0 bridgehead atoms. The molecule has 0 aliphatic carbocycles. The Bertz CT molecular complexity index is 606. The number of hydrogen-bond donors (Lipinski definition) is 0. The van der Waals surface area contributed by atoms with Gasteiger partial charge in [0.1, 0.15) is 5.75 Å². The molecular weight excluding hydrogens is 344 g/mol. The zero-order valence-electron chi connectivity index (χ0n) is 16.2. The minimum absolute atomic E-state index is 0.234. The number of benzene rings is 1. The Morgan fingerprint density at radius 1 is 1.00 bits per heavy atom. The standard InChI is InChI=1S/C22H30O5/c1-3-5-6-7-8-9-10-13-18-26-21(23)17-16-19-14-11-12-15-20(19)27-22(24)25-4-2/h3,11-12,14-17H,1,4-10,13,18H2,2H3. The van der Waals surface area contributed by atoms with Crippen LogP contribution in [0, 0.1) is 0 Å². The molecule has 27 heavy (non-hydrogen) atoms. The predicted molar refractivity (Wildman–Crippen MR) is 107 cm³/mol. The third-order valence-corrected chi connectivity index (χ3v) is 3.82. The molecule has 1 rings (SSSR count). The van der Waals surface area contributed by atoms with E-state index in [4.69, 9.17) is 14.2 Å². The van der Waals surface area contributed by atoms with E-state index in [0.717, 1.165) is 25.7 Å². The predicted octanol–water partition coefficient (Wildman–Crippen LogP) is 5.70. The normalized spacial score (nSPS) is 10.6. The molecule has 0 atom stereocenters. The van der Waals surface area contributed by atoms with E-state index in [1.54, 1.807) is 37.3 Å². The van der Waals surface area contributed by atoms with Crippen molar-refractivity contribution in [1.82, 2.24) is 0 Å². The second-order valence-corrected chi connectivity index (χ2v) is 6.02. The van der Waals surface area contributed by atoms with Crippen molar-refractivity contribution in [3.63, 3.8) is 0 Å². The van der Waals surface area contributed by atoms with E-state index < -0.39 is 12.1 Å². The van der Waals surface area contributed by atoms with Crippen LogP contribution < -0.4 is 4.74 Å². The van der Waals surface area contributed by atoms with Crippen LogP contribution in [0.1, 0.15) is 57.4 Å². The Balaban J connectivity index is 2.29. The molecule has 0 aliphatic heterocycles. The van der Waals surface area contributed by atoms with Crippen LogP contribution in [0.4, 0.5) is 4.79 Å². The van der Waals surface area contributed by atoms with Crippen molar-refractivity contribution in [2.75, 3.05) is 13.2 Å². The Kier molecular flexibility index (Phi) is 12.2. The second-order valence-electron chi connectivity index (χ2n) is 6.02. The SMILES string of the molecule is C=CCCCCCCCCOC(=O)C=Cc1ccccc1OC(=O)OCC. The molecule has 5 heteroatoms. The molecule has 0 unspecified atom stereocenters. The molecule has 1 aromatic rings. The Morgan fingerprint density at radius 2 is 1.70 bits per heavy atom. The number of unbranched alkanes of at least 4 members (excludes halogenated alkanes) is 6. The van der Waals surface area contributed by atoms with Crippen molar-refractivity contribution < 1.29 is 23.8 Å². The highest BCUT2D eigenvalue weighted by molar-refractivity contribution is 5.87. The first kappa shape index (κ1) is 22.5. The van der Waals surface area contributed by atoms with Gasteiger partial charge >= 0.3 is 12.1 Å². The molecule has 0 spiro atoms. The van der Waals surface area contributed by atoms with Crippen molar-refractivity contribution in [2.45, 2.75) is 51.9 Å². The number of carbonyl (C=O) groups is 2. The highest BCUT2D eigenvalue weighted by Crippen LogP contribution is 2.20. The summed E-state index contributed by atoms with van der Waals surface area (Å²) >= 11 is 0. The van der Waals surface area contributed by atoms with E-state index in [-0.39, 0.29) is 6.61 Å². The number of rotatable bonds is 13. The summed E-state index contributed by atoms with van der Waals surface area (Å²) in [5.41, 5.74) is 0.599. The Hall–Kier alpha value is -2.56. The molecule has 0 N–H and O–H groups in total. The molecule has 1 aromatic carbocycles. The van der Waals surface area contributed by atoms with E-state index in [9.17, 15) is 9.59 Å². The quantitative estimate of drug-likeness (QED) is 0.146. The van der Waals surface area contributed by atoms with Crippen molar-refractivity contribution >= 4 is 18.2 Å². The van der Waals surface area contributed by atoms with E-state index >= 15 is 0 Å². The third kappa shape index (κ3) is 10.9. The number of allylic oxidation sites excluding steroid dienone is 1. The molecular formula is C22H30O5. The lowest BCUT2D eigenvalue weighted by Gasteiger charge is -2.07. The fraction of sp³-hybridized carbons (Fsp3) is 0.455. The maximum Gasteiger partial charge on any atom is 0.513 e. The summed E-state index contributed by atoms with van der Waals surface area (Å²) in [6, 6.07) is 6.90. The van der Waals surface area contributed by atoms with E-state index in [2.05, 4.69) is 6.58 Å². The van der Waals surface area contributed by atoms with E-state index in [1.165, 1.54) is 25.3 Å².